The fraction of sp³-hybridized carbons (Fsp3) is 1.00. The minimum absolute atomic E-state index is 0. The van der Waals surface area contributed by atoms with Crippen LogP contribution in [0.15, 0.2) is 0 Å². The maximum absolute atomic E-state index is 3.46. The normalized spacial score (nSPS) is 38.4. The van der Waals surface area contributed by atoms with Gasteiger partial charge >= 0.3 is 18.9 Å². The molecule has 0 amide bonds. The van der Waals surface area contributed by atoms with Gasteiger partial charge in [0.1, 0.15) is 0 Å². The Balaban J connectivity index is 0.000000500. The number of hydrogen-bond acceptors (Lipinski definition) is 1. The van der Waals surface area contributed by atoms with Crippen molar-refractivity contribution in [1.82, 2.24) is 5.32 Å². The van der Waals surface area contributed by atoms with Crippen LogP contribution in [0.4, 0.5) is 0 Å². The summed E-state index contributed by atoms with van der Waals surface area (Å²) in [7, 11) is 0. The molecule has 2 fully saturated rings. The second-order valence-electron chi connectivity index (χ2n) is 3.46. The third kappa shape index (κ3) is 1.59. The molecule has 2 unspecified atom stereocenters. The second kappa shape index (κ2) is 3.81. The van der Waals surface area contributed by atoms with Crippen LogP contribution in [-0.4, -0.2) is 13.1 Å². The molecule has 0 bridgehead atoms. The van der Waals surface area contributed by atoms with E-state index < -0.39 is 0 Å². The summed E-state index contributed by atoms with van der Waals surface area (Å²) >= 11 is 0. The molecule has 0 aromatic carbocycles. The van der Waals surface area contributed by atoms with Gasteiger partial charge in [0.2, 0.25) is 0 Å². The molecule has 0 spiro atoms. The Morgan fingerprint density at radius 3 is 2.00 bits per heavy atom. The van der Waals surface area contributed by atoms with Crippen molar-refractivity contribution in [2.45, 2.75) is 25.7 Å². The van der Waals surface area contributed by atoms with Crippen LogP contribution in [0.2, 0.25) is 0 Å². The smallest absolute Gasteiger partial charge is 1.00 e. The van der Waals surface area contributed by atoms with Crippen LogP contribution in [0, 0.1) is 11.8 Å². The number of rotatable bonds is 0. The molecule has 1 nitrogen and oxygen atoms in total. The van der Waals surface area contributed by atoms with Crippen molar-refractivity contribution < 1.29 is 20.3 Å². The summed E-state index contributed by atoms with van der Waals surface area (Å²) in [6, 6.07) is 0. The third-order valence-corrected chi connectivity index (χ3v) is 2.88. The molecule has 0 radical (unpaired) electrons. The van der Waals surface area contributed by atoms with Gasteiger partial charge in [0.25, 0.3) is 0 Å². The average Bonchev–Trinajstić information content (AvgIpc) is 2.33. The Morgan fingerprint density at radius 2 is 1.50 bits per heavy atom. The van der Waals surface area contributed by atoms with Gasteiger partial charge in [-0.05, 0) is 37.8 Å². The van der Waals surface area contributed by atoms with Crippen LogP contribution in [-0.2, 0) is 0 Å². The summed E-state index contributed by atoms with van der Waals surface area (Å²) in [6.07, 6.45) is 5.97. The van der Waals surface area contributed by atoms with E-state index in [1.54, 1.807) is 0 Å². The van der Waals surface area contributed by atoms with Crippen LogP contribution in [0.1, 0.15) is 27.1 Å². The van der Waals surface area contributed by atoms with Gasteiger partial charge in [0.05, 0.1) is 0 Å². The van der Waals surface area contributed by atoms with Crippen molar-refractivity contribution in [3.63, 3.8) is 0 Å². The van der Waals surface area contributed by atoms with Gasteiger partial charge in [-0.3, -0.25) is 0 Å². The summed E-state index contributed by atoms with van der Waals surface area (Å²) in [4.78, 5) is 0. The molecule has 2 heteroatoms. The van der Waals surface area contributed by atoms with E-state index in [2.05, 4.69) is 5.32 Å². The van der Waals surface area contributed by atoms with E-state index in [0.29, 0.717) is 0 Å². The van der Waals surface area contributed by atoms with E-state index >= 15 is 0 Å². The van der Waals surface area contributed by atoms with E-state index in [1.165, 1.54) is 38.8 Å². The fourth-order valence-electron chi connectivity index (χ4n) is 2.28. The second-order valence-corrected chi connectivity index (χ2v) is 3.46. The van der Waals surface area contributed by atoms with Crippen molar-refractivity contribution in [1.29, 1.82) is 0 Å². The summed E-state index contributed by atoms with van der Waals surface area (Å²) in [5.74, 6) is 2.11. The van der Waals surface area contributed by atoms with Crippen LogP contribution in [0.25, 0.3) is 0 Å². The third-order valence-electron chi connectivity index (χ3n) is 2.88. The summed E-state index contributed by atoms with van der Waals surface area (Å²) in [5, 5.41) is 3.46. The van der Waals surface area contributed by atoms with Crippen molar-refractivity contribution >= 4 is 0 Å². The summed E-state index contributed by atoms with van der Waals surface area (Å²) < 4.78 is 0. The molecule has 0 aromatic rings. The minimum Gasteiger partial charge on any atom is -1.00 e. The summed E-state index contributed by atoms with van der Waals surface area (Å²) in [5.41, 5.74) is 0. The van der Waals surface area contributed by atoms with Crippen LogP contribution >= 0.6 is 0 Å². The van der Waals surface area contributed by atoms with Crippen molar-refractivity contribution in [3.8, 4) is 0 Å². The van der Waals surface area contributed by atoms with Crippen LogP contribution < -0.4 is 24.2 Å². The molecule has 54 valence electrons. The van der Waals surface area contributed by atoms with Crippen LogP contribution in [0.3, 0.4) is 0 Å². The summed E-state index contributed by atoms with van der Waals surface area (Å²) in [6.45, 7) is 2.62. The van der Waals surface area contributed by atoms with Gasteiger partial charge in [-0.25, -0.2) is 0 Å². The van der Waals surface area contributed by atoms with Crippen molar-refractivity contribution in [2.24, 2.45) is 11.8 Å². The molecule has 2 rings (SSSR count). The molecule has 1 heterocycles. The maximum Gasteiger partial charge on any atom is 1.00 e. The van der Waals surface area contributed by atoms with Gasteiger partial charge in [-0.2, -0.15) is 0 Å². The maximum atomic E-state index is 3.46. The molecule has 1 saturated carbocycles. The number of fused-ring (bicyclic) bond motifs is 1. The molecule has 2 atom stereocenters. The van der Waals surface area contributed by atoms with Crippen LogP contribution in [0.5, 0.6) is 0 Å². The standard InChI is InChI=1S/C8H15N.Li.H/c1-2-4-8-6-9-5-7(8)3-1;;/h7-9H,1-6H2;;/q;+1;-1. The Bertz CT molecular complexity index is 98.3. The molecule has 0 aromatic heterocycles. The van der Waals surface area contributed by atoms with E-state index in [1.807, 2.05) is 0 Å². The molecule has 1 saturated heterocycles. The number of hydrogen-bond donors (Lipinski definition) is 1. The van der Waals surface area contributed by atoms with Gasteiger partial charge in [-0.15, -0.1) is 0 Å². The zero-order valence-corrected chi connectivity index (χ0v) is 6.90. The first-order valence-corrected chi connectivity index (χ1v) is 4.17. The van der Waals surface area contributed by atoms with E-state index in [4.69, 9.17) is 0 Å². The molecule has 1 N–H and O–H groups in total. The zero-order chi connectivity index (χ0) is 6.10. The molecule has 1 aliphatic heterocycles. The fourth-order valence-corrected chi connectivity index (χ4v) is 2.28. The Kier molecular flexibility index (Phi) is 3.29. The van der Waals surface area contributed by atoms with E-state index in [0.717, 1.165) is 11.8 Å². The monoisotopic (exact) mass is 133 g/mol. The molecular formula is C8H16LiN. The van der Waals surface area contributed by atoms with E-state index in [9.17, 15) is 0 Å². The van der Waals surface area contributed by atoms with Gasteiger partial charge in [-0.1, -0.05) is 12.8 Å². The van der Waals surface area contributed by atoms with Crippen molar-refractivity contribution in [2.75, 3.05) is 13.1 Å². The largest absolute Gasteiger partial charge is 1.00 e. The molecule has 10 heavy (non-hydrogen) atoms. The number of nitrogens with one attached hydrogen (secondary N) is 1. The first kappa shape index (κ1) is 8.65. The molecule has 1 aliphatic carbocycles. The predicted octanol–water partition coefficient (Wildman–Crippen LogP) is -1.49. The van der Waals surface area contributed by atoms with E-state index in [-0.39, 0.29) is 20.3 Å². The first-order chi connectivity index (χ1) is 4.47. The van der Waals surface area contributed by atoms with Gasteiger partial charge in [0, 0.05) is 0 Å². The first-order valence-electron chi connectivity index (χ1n) is 4.17. The Morgan fingerprint density at radius 1 is 1.00 bits per heavy atom. The average molecular weight is 133 g/mol. The SMILES string of the molecule is C1CCC2CNCC2C1.[H-].[Li+]. The van der Waals surface area contributed by atoms with Gasteiger partial charge < -0.3 is 6.74 Å². The molecular weight excluding hydrogens is 117 g/mol. The Labute approximate surface area is 76.6 Å². The predicted molar refractivity (Wildman–Crippen MR) is 39.4 cm³/mol. The van der Waals surface area contributed by atoms with Crippen molar-refractivity contribution in [3.05, 3.63) is 0 Å². The quantitative estimate of drug-likeness (QED) is 0.397. The zero-order valence-electron chi connectivity index (χ0n) is 7.90. The minimum atomic E-state index is 0. The van der Waals surface area contributed by atoms with Gasteiger partial charge in [0.15, 0.2) is 0 Å². The molecule has 2 aliphatic rings. The topological polar surface area (TPSA) is 12.0 Å². The Hall–Kier alpha value is 0.557.